The highest BCUT2D eigenvalue weighted by molar-refractivity contribution is 5.94. The monoisotopic (exact) mass is 305 g/mol. The fourth-order valence-electron chi connectivity index (χ4n) is 2.72. The number of urea groups is 1. The molecule has 1 fully saturated rings. The SMILES string of the molecule is CCOc1ccc(C(=O)N2CCCC[C@@H]2CNC(N)=O)cc1. The van der Waals surface area contributed by atoms with Gasteiger partial charge in [0.1, 0.15) is 5.75 Å². The lowest BCUT2D eigenvalue weighted by atomic mass is 10.0. The van der Waals surface area contributed by atoms with Crippen molar-refractivity contribution in [2.75, 3.05) is 19.7 Å². The molecule has 3 amide bonds. The van der Waals surface area contributed by atoms with Crippen molar-refractivity contribution in [2.24, 2.45) is 5.73 Å². The van der Waals surface area contributed by atoms with E-state index in [1.807, 2.05) is 11.8 Å². The third-order valence-electron chi connectivity index (χ3n) is 3.81. The maximum atomic E-state index is 12.7. The summed E-state index contributed by atoms with van der Waals surface area (Å²) in [5, 5.41) is 2.60. The fourth-order valence-corrected chi connectivity index (χ4v) is 2.72. The number of hydrogen-bond acceptors (Lipinski definition) is 3. The lowest BCUT2D eigenvalue weighted by Gasteiger charge is -2.35. The van der Waals surface area contributed by atoms with Crippen LogP contribution < -0.4 is 15.8 Å². The normalized spacial score (nSPS) is 17.9. The number of nitrogens with one attached hydrogen (secondary N) is 1. The number of carbonyl (C=O) groups excluding carboxylic acids is 2. The Morgan fingerprint density at radius 1 is 1.32 bits per heavy atom. The number of nitrogens with zero attached hydrogens (tertiary/aromatic N) is 1. The van der Waals surface area contributed by atoms with Gasteiger partial charge in [-0.1, -0.05) is 0 Å². The highest BCUT2D eigenvalue weighted by atomic mass is 16.5. The quantitative estimate of drug-likeness (QED) is 0.869. The maximum Gasteiger partial charge on any atom is 0.312 e. The van der Waals surface area contributed by atoms with Gasteiger partial charge >= 0.3 is 6.03 Å². The van der Waals surface area contributed by atoms with Gasteiger partial charge in [-0.15, -0.1) is 0 Å². The van der Waals surface area contributed by atoms with Crippen LogP contribution in [0.5, 0.6) is 5.75 Å². The van der Waals surface area contributed by atoms with Crippen molar-refractivity contribution in [3.05, 3.63) is 29.8 Å². The highest BCUT2D eigenvalue weighted by Crippen LogP contribution is 2.20. The zero-order chi connectivity index (χ0) is 15.9. The Labute approximate surface area is 130 Å². The summed E-state index contributed by atoms with van der Waals surface area (Å²) in [6, 6.07) is 6.61. The Morgan fingerprint density at radius 3 is 2.68 bits per heavy atom. The zero-order valence-electron chi connectivity index (χ0n) is 12.9. The number of carbonyl (C=O) groups is 2. The summed E-state index contributed by atoms with van der Waals surface area (Å²) in [7, 11) is 0. The van der Waals surface area contributed by atoms with Crippen LogP contribution in [0.2, 0.25) is 0 Å². The Kier molecular flexibility index (Phi) is 5.63. The minimum Gasteiger partial charge on any atom is -0.494 e. The van der Waals surface area contributed by atoms with Crippen molar-refractivity contribution in [1.29, 1.82) is 0 Å². The van der Waals surface area contributed by atoms with Gasteiger partial charge in [0.25, 0.3) is 5.91 Å². The molecule has 1 heterocycles. The van der Waals surface area contributed by atoms with Gasteiger partial charge in [0.05, 0.1) is 6.61 Å². The minimum absolute atomic E-state index is 0.000295. The molecule has 1 aromatic rings. The molecule has 0 aromatic heterocycles. The average molecular weight is 305 g/mol. The summed E-state index contributed by atoms with van der Waals surface area (Å²) in [5.74, 6) is 0.739. The Morgan fingerprint density at radius 2 is 2.05 bits per heavy atom. The second-order valence-electron chi connectivity index (χ2n) is 5.35. The van der Waals surface area contributed by atoms with Gasteiger partial charge in [-0.2, -0.15) is 0 Å². The lowest BCUT2D eigenvalue weighted by molar-refractivity contribution is 0.0615. The van der Waals surface area contributed by atoms with Gasteiger partial charge in [0, 0.05) is 24.7 Å². The van der Waals surface area contributed by atoms with E-state index in [1.54, 1.807) is 24.3 Å². The molecule has 1 saturated heterocycles. The molecule has 1 aliphatic rings. The number of primary amides is 1. The molecule has 22 heavy (non-hydrogen) atoms. The van der Waals surface area contributed by atoms with E-state index < -0.39 is 6.03 Å². The Balaban J connectivity index is 2.05. The molecular weight excluding hydrogens is 282 g/mol. The molecule has 0 aliphatic carbocycles. The van der Waals surface area contributed by atoms with E-state index in [-0.39, 0.29) is 11.9 Å². The maximum absolute atomic E-state index is 12.7. The second-order valence-corrected chi connectivity index (χ2v) is 5.35. The van der Waals surface area contributed by atoms with Crippen molar-refractivity contribution in [3.8, 4) is 5.75 Å². The van der Waals surface area contributed by atoms with Crippen molar-refractivity contribution in [3.63, 3.8) is 0 Å². The predicted molar refractivity (Wildman–Crippen MR) is 83.9 cm³/mol. The number of piperidine rings is 1. The highest BCUT2D eigenvalue weighted by Gasteiger charge is 2.27. The van der Waals surface area contributed by atoms with Gasteiger partial charge in [-0.25, -0.2) is 4.79 Å². The van der Waals surface area contributed by atoms with Crippen LogP contribution >= 0.6 is 0 Å². The lowest BCUT2D eigenvalue weighted by Crippen LogP contribution is -2.50. The first-order chi connectivity index (χ1) is 10.6. The van der Waals surface area contributed by atoms with E-state index in [9.17, 15) is 9.59 Å². The summed E-state index contributed by atoms with van der Waals surface area (Å²) >= 11 is 0. The van der Waals surface area contributed by atoms with Crippen molar-refractivity contribution in [1.82, 2.24) is 10.2 Å². The van der Waals surface area contributed by atoms with E-state index in [2.05, 4.69) is 5.32 Å². The standard InChI is InChI=1S/C16H23N3O3/c1-2-22-14-8-6-12(7-9-14)15(20)19-10-4-3-5-13(19)11-18-16(17)21/h6-9,13H,2-5,10-11H2,1H3,(H3,17,18,21)/t13-/m1/s1. The second kappa shape index (κ2) is 7.68. The van der Waals surface area contributed by atoms with Crippen LogP contribution in [0.15, 0.2) is 24.3 Å². The number of hydrogen-bond donors (Lipinski definition) is 2. The molecule has 6 nitrogen and oxygen atoms in total. The first-order valence-corrected chi connectivity index (χ1v) is 7.69. The van der Waals surface area contributed by atoms with E-state index in [1.165, 1.54) is 0 Å². The van der Waals surface area contributed by atoms with Crippen LogP contribution in [0.1, 0.15) is 36.5 Å². The number of amides is 3. The molecule has 120 valence electrons. The third kappa shape index (κ3) is 4.13. The molecule has 1 aromatic carbocycles. The molecule has 6 heteroatoms. The summed E-state index contributed by atoms with van der Waals surface area (Å²) in [4.78, 5) is 25.4. The van der Waals surface area contributed by atoms with Gasteiger partial charge < -0.3 is 20.7 Å². The van der Waals surface area contributed by atoms with Crippen LogP contribution in [0, 0.1) is 0 Å². The average Bonchev–Trinajstić information content (AvgIpc) is 2.53. The Hall–Kier alpha value is -2.24. The number of rotatable bonds is 5. The van der Waals surface area contributed by atoms with Crippen LogP contribution in [-0.2, 0) is 0 Å². The topological polar surface area (TPSA) is 84.7 Å². The number of nitrogens with two attached hydrogens (primary N) is 1. The molecule has 0 spiro atoms. The van der Waals surface area contributed by atoms with Gasteiger partial charge in [-0.05, 0) is 50.5 Å². The predicted octanol–water partition coefficient (Wildman–Crippen LogP) is 1.75. The Bertz CT molecular complexity index is 516. The largest absolute Gasteiger partial charge is 0.494 e. The van der Waals surface area contributed by atoms with Gasteiger partial charge in [0.2, 0.25) is 0 Å². The molecule has 0 radical (unpaired) electrons. The van der Waals surface area contributed by atoms with Crippen molar-refractivity contribution >= 4 is 11.9 Å². The zero-order valence-corrected chi connectivity index (χ0v) is 12.9. The van der Waals surface area contributed by atoms with Crippen molar-refractivity contribution in [2.45, 2.75) is 32.2 Å². The van der Waals surface area contributed by atoms with E-state index >= 15 is 0 Å². The van der Waals surface area contributed by atoms with Crippen molar-refractivity contribution < 1.29 is 14.3 Å². The first-order valence-electron chi connectivity index (χ1n) is 7.69. The number of likely N-dealkylation sites (tertiary alicyclic amines) is 1. The molecule has 1 aliphatic heterocycles. The van der Waals surface area contributed by atoms with Crippen LogP contribution in [-0.4, -0.2) is 42.6 Å². The number of ether oxygens (including phenoxy) is 1. The molecule has 2 rings (SSSR count). The van der Waals surface area contributed by atoms with Crippen LogP contribution in [0.25, 0.3) is 0 Å². The van der Waals surface area contributed by atoms with Crippen LogP contribution in [0.3, 0.4) is 0 Å². The molecule has 1 atom stereocenters. The van der Waals surface area contributed by atoms with E-state index in [0.29, 0.717) is 25.3 Å². The molecule has 3 N–H and O–H groups in total. The smallest absolute Gasteiger partial charge is 0.312 e. The molecule has 0 saturated carbocycles. The van der Waals surface area contributed by atoms with Gasteiger partial charge in [-0.3, -0.25) is 4.79 Å². The third-order valence-corrected chi connectivity index (χ3v) is 3.81. The summed E-state index contributed by atoms with van der Waals surface area (Å²) in [6.07, 6.45) is 2.91. The number of benzene rings is 1. The molecule has 0 unspecified atom stereocenters. The van der Waals surface area contributed by atoms with E-state index in [4.69, 9.17) is 10.5 Å². The van der Waals surface area contributed by atoms with E-state index in [0.717, 1.165) is 25.0 Å². The molecular formula is C16H23N3O3. The minimum atomic E-state index is -0.556. The molecule has 0 bridgehead atoms. The van der Waals surface area contributed by atoms with Crippen LogP contribution in [0.4, 0.5) is 4.79 Å². The first kappa shape index (κ1) is 16.1. The fraction of sp³-hybridized carbons (Fsp3) is 0.500. The summed E-state index contributed by atoms with van der Waals surface area (Å²) in [6.45, 7) is 3.62. The summed E-state index contributed by atoms with van der Waals surface area (Å²) < 4.78 is 5.39. The van der Waals surface area contributed by atoms with Gasteiger partial charge in [0.15, 0.2) is 0 Å². The summed E-state index contributed by atoms with van der Waals surface area (Å²) in [5.41, 5.74) is 5.75.